The minimum atomic E-state index is -0.154. The lowest BCUT2D eigenvalue weighted by molar-refractivity contribution is -0.0301. The van der Waals surface area contributed by atoms with Gasteiger partial charge >= 0.3 is 0 Å². The van der Waals surface area contributed by atoms with Gasteiger partial charge in [-0.3, -0.25) is 9.69 Å². The van der Waals surface area contributed by atoms with Gasteiger partial charge in [-0.1, -0.05) is 30.3 Å². The number of furan rings is 1. The molecule has 23 heavy (non-hydrogen) atoms. The minimum Gasteiger partial charge on any atom is -0.459 e. The largest absolute Gasteiger partial charge is 0.459 e. The Morgan fingerprint density at radius 2 is 2.09 bits per heavy atom. The number of hydrogen-bond donors (Lipinski definition) is 1. The predicted molar refractivity (Wildman–Crippen MR) is 87.2 cm³/mol. The van der Waals surface area contributed by atoms with Crippen molar-refractivity contribution in [1.29, 1.82) is 0 Å². The molecular formula is C18H22N2O3. The van der Waals surface area contributed by atoms with Gasteiger partial charge in [0.15, 0.2) is 5.76 Å². The van der Waals surface area contributed by atoms with Crippen LogP contribution in [0.15, 0.2) is 53.1 Å². The van der Waals surface area contributed by atoms with Crippen LogP contribution >= 0.6 is 0 Å². The van der Waals surface area contributed by atoms with Crippen molar-refractivity contribution in [3.05, 3.63) is 60.1 Å². The molecule has 1 aliphatic rings. The highest BCUT2D eigenvalue weighted by Crippen LogP contribution is 2.21. The van der Waals surface area contributed by atoms with E-state index in [1.54, 1.807) is 12.1 Å². The number of morpholine rings is 1. The number of carbonyl (C=O) groups excluding carboxylic acids is 1. The second-order valence-corrected chi connectivity index (χ2v) is 5.66. The maximum absolute atomic E-state index is 11.8. The zero-order valence-corrected chi connectivity index (χ0v) is 13.1. The van der Waals surface area contributed by atoms with Crippen molar-refractivity contribution in [3.63, 3.8) is 0 Å². The number of carbonyl (C=O) groups is 1. The Morgan fingerprint density at radius 1 is 1.22 bits per heavy atom. The van der Waals surface area contributed by atoms with E-state index in [9.17, 15) is 4.79 Å². The molecule has 1 fully saturated rings. The summed E-state index contributed by atoms with van der Waals surface area (Å²) in [6.45, 7) is 4.18. The van der Waals surface area contributed by atoms with Gasteiger partial charge in [0.1, 0.15) is 0 Å². The molecule has 1 N–H and O–H groups in total. The Kier molecular flexibility index (Phi) is 5.45. The molecule has 1 aromatic heterocycles. The lowest BCUT2D eigenvalue weighted by Gasteiger charge is -2.33. The average Bonchev–Trinajstić information content (AvgIpc) is 3.14. The Balaban J connectivity index is 1.39. The number of hydrogen-bond acceptors (Lipinski definition) is 4. The van der Waals surface area contributed by atoms with Crippen molar-refractivity contribution in [2.75, 3.05) is 32.8 Å². The third kappa shape index (κ3) is 4.43. The molecule has 0 saturated carbocycles. The summed E-state index contributed by atoms with van der Waals surface area (Å²) in [6, 6.07) is 13.7. The molecule has 1 aromatic carbocycles. The van der Waals surface area contributed by atoms with Crippen LogP contribution in [-0.2, 0) is 4.74 Å². The predicted octanol–water partition coefficient (Wildman–Crippen LogP) is 2.47. The van der Waals surface area contributed by atoms with Gasteiger partial charge in [0.25, 0.3) is 5.91 Å². The fourth-order valence-electron chi connectivity index (χ4n) is 2.77. The molecule has 5 heteroatoms. The molecule has 1 saturated heterocycles. The maximum atomic E-state index is 11.8. The molecule has 1 atom stereocenters. The highest BCUT2D eigenvalue weighted by molar-refractivity contribution is 5.91. The van der Waals surface area contributed by atoms with Gasteiger partial charge in [-0.2, -0.15) is 0 Å². The summed E-state index contributed by atoms with van der Waals surface area (Å²) in [5.41, 5.74) is 1.23. The summed E-state index contributed by atoms with van der Waals surface area (Å²) in [5.74, 6) is 0.208. The van der Waals surface area contributed by atoms with Crippen LogP contribution in [0.3, 0.4) is 0 Å². The van der Waals surface area contributed by atoms with Crippen LogP contribution < -0.4 is 5.32 Å². The molecular weight excluding hydrogens is 292 g/mol. The molecule has 2 aromatic rings. The fraction of sp³-hybridized carbons (Fsp3) is 0.389. The van der Waals surface area contributed by atoms with Gasteiger partial charge in [0.05, 0.1) is 19.0 Å². The molecule has 1 aliphatic heterocycles. The van der Waals surface area contributed by atoms with E-state index in [0.717, 1.165) is 32.7 Å². The molecule has 2 heterocycles. The van der Waals surface area contributed by atoms with Gasteiger partial charge in [-0.05, 0) is 24.1 Å². The Morgan fingerprint density at radius 3 is 2.87 bits per heavy atom. The highest BCUT2D eigenvalue weighted by atomic mass is 16.5. The molecule has 3 rings (SSSR count). The SMILES string of the molecule is O=C(NCCCN1CCO[C@H](c2ccccc2)C1)c1ccco1. The molecule has 5 nitrogen and oxygen atoms in total. The number of benzene rings is 1. The lowest BCUT2D eigenvalue weighted by Crippen LogP contribution is -2.39. The zero-order valence-electron chi connectivity index (χ0n) is 13.1. The van der Waals surface area contributed by atoms with Crippen molar-refractivity contribution < 1.29 is 13.9 Å². The Hall–Kier alpha value is -2.11. The van der Waals surface area contributed by atoms with Crippen LogP contribution in [0.4, 0.5) is 0 Å². The zero-order chi connectivity index (χ0) is 15.9. The molecule has 0 aliphatic carbocycles. The molecule has 0 spiro atoms. The van der Waals surface area contributed by atoms with E-state index in [0.29, 0.717) is 12.3 Å². The van der Waals surface area contributed by atoms with E-state index in [-0.39, 0.29) is 12.0 Å². The van der Waals surface area contributed by atoms with Gasteiger partial charge in [-0.25, -0.2) is 0 Å². The van der Waals surface area contributed by atoms with Crippen molar-refractivity contribution in [3.8, 4) is 0 Å². The first kappa shape index (κ1) is 15.8. The first-order valence-electron chi connectivity index (χ1n) is 8.03. The molecule has 0 radical (unpaired) electrons. The highest BCUT2D eigenvalue weighted by Gasteiger charge is 2.21. The normalized spacial score (nSPS) is 18.7. The lowest BCUT2D eigenvalue weighted by atomic mass is 10.1. The first-order valence-corrected chi connectivity index (χ1v) is 8.03. The Bertz CT molecular complexity index is 598. The summed E-state index contributed by atoms with van der Waals surface area (Å²) in [7, 11) is 0. The Labute approximate surface area is 136 Å². The van der Waals surface area contributed by atoms with Crippen molar-refractivity contribution in [2.45, 2.75) is 12.5 Å². The van der Waals surface area contributed by atoms with E-state index in [4.69, 9.17) is 9.15 Å². The van der Waals surface area contributed by atoms with Crippen LogP contribution in [-0.4, -0.2) is 43.6 Å². The standard InChI is InChI=1S/C18H22N2O3/c21-18(16-8-4-12-22-16)19-9-5-10-20-11-13-23-17(14-20)15-6-2-1-3-7-15/h1-4,6-8,12,17H,5,9-11,13-14H2,(H,19,21)/t17-/m0/s1. The number of ether oxygens (including phenoxy) is 1. The molecule has 1 amide bonds. The fourth-order valence-corrected chi connectivity index (χ4v) is 2.77. The molecule has 122 valence electrons. The average molecular weight is 314 g/mol. The summed E-state index contributed by atoms with van der Waals surface area (Å²) >= 11 is 0. The maximum Gasteiger partial charge on any atom is 0.286 e. The van der Waals surface area contributed by atoms with Gasteiger partial charge in [0, 0.05) is 26.2 Å². The third-order valence-corrected chi connectivity index (χ3v) is 4.00. The van der Waals surface area contributed by atoms with Crippen LogP contribution in [0.25, 0.3) is 0 Å². The van der Waals surface area contributed by atoms with E-state index >= 15 is 0 Å². The quantitative estimate of drug-likeness (QED) is 0.832. The monoisotopic (exact) mass is 314 g/mol. The second-order valence-electron chi connectivity index (χ2n) is 5.66. The molecule has 0 bridgehead atoms. The van der Waals surface area contributed by atoms with Gasteiger partial charge < -0.3 is 14.5 Å². The van der Waals surface area contributed by atoms with E-state index in [1.165, 1.54) is 11.8 Å². The summed E-state index contributed by atoms with van der Waals surface area (Å²) in [6.07, 6.45) is 2.56. The summed E-state index contributed by atoms with van der Waals surface area (Å²) < 4.78 is 10.9. The smallest absolute Gasteiger partial charge is 0.286 e. The molecule has 0 unspecified atom stereocenters. The summed E-state index contributed by atoms with van der Waals surface area (Å²) in [4.78, 5) is 14.1. The van der Waals surface area contributed by atoms with Gasteiger partial charge in [-0.15, -0.1) is 0 Å². The van der Waals surface area contributed by atoms with Crippen molar-refractivity contribution in [1.82, 2.24) is 10.2 Å². The van der Waals surface area contributed by atoms with E-state index < -0.39 is 0 Å². The van der Waals surface area contributed by atoms with Gasteiger partial charge in [0.2, 0.25) is 0 Å². The van der Waals surface area contributed by atoms with Crippen molar-refractivity contribution >= 4 is 5.91 Å². The van der Waals surface area contributed by atoms with Crippen LogP contribution in [0.5, 0.6) is 0 Å². The third-order valence-electron chi connectivity index (χ3n) is 4.00. The number of nitrogens with zero attached hydrogens (tertiary/aromatic N) is 1. The minimum absolute atomic E-state index is 0.141. The van der Waals surface area contributed by atoms with Crippen molar-refractivity contribution in [2.24, 2.45) is 0 Å². The first-order chi connectivity index (χ1) is 11.3. The van der Waals surface area contributed by atoms with E-state index in [2.05, 4.69) is 22.3 Å². The van der Waals surface area contributed by atoms with Crippen LogP contribution in [0.2, 0.25) is 0 Å². The topological polar surface area (TPSA) is 54.7 Å². The van der Waals surface area contributed by atoms with Crippen LogP contribution in [0.1, 0.15) is 28.6 Å². The van der Waals surface area contributed by atoms with E-state index in [1.807, 2.05) is 18.2 Å². The van der Waals surface area contributed by atoms with Crippen LogP contribution in [0, 0.1) is 0 Å². The number of amides is 1. The summed E-state index contributed by atoms with van der Waals surface area (Å²) in [5, 5.41) is 2.88. The number of nitrogens with one attached hydrogen (secondary N) is 1. The number of rotatable bonds is 6. The second kappa shape index (κ2) is 7.94.